The third-order valence-electron chi connectivity index (χ3n) is 2.76. The topological polar surface area (TPSA) is 27.1 Å². The number of alkyl halides is 1. The average molecular weight is 364 g/mol. The van der Waals surface area contributed by atoms with Gasteiger partial charge in [0.15, 0.2) is 0 Å². The predicted octanol–water partition coefficient (Wildman–Crippen LogP) is 4.23. The molecule has 102 valence electrons. The van der Waals surface area contributed by atoms with Crippen LogP contribution in [-0.2, 0) is 23.8 Å². The molecule has 0 spiro atoms. The van der Waals surface area contributed by atoms with Gasteiger partial charge in [0.1, 0.15) is 5.15 Å². The zero-order valence-corrected chi connectivity index (χ0v) is 13.5. The second kappa shape index (κ2) is 6.75. The van der Waals surface area contributed by atoms with E-state index in [4.69, 9.17) is 27.9 Å². The number of hydrogen-bond acceptors (Lipinski definition) is 2. The van der Waals surface area contributed by atoms with E-state index < -0.39 is 0 Å². The number of halogens is 3. The summed E-state index contributed by atoms with van der Waals surface area (Å²) >= 11 is 15.7. The molecule has 0 aliphatic carbocycles. The fourth-order valence-electron chi connectivity index (χ4n) is 1.80. The van der Waals surface area contributed by atoms with E-state index in [0.717, 1.165) is 21.3 Å². The van der Waals surface area contributed by atoms with Crippen molar-refractivity contribution >= 4 is 39.1 Å². The Morgan fingerprint density at radius 1 is 1.37 bits per heavy atom. The summed E-state index contributed by atoms with van der Waals surface area (Å²) in [5.41, 5.74) is 2.73. The molecule has 0 bridgehead atoms. The van der Waals surface area contributed by atoms with Crippen molar-refractivity contribution in [3.63, 3.8) is 0 Å². The minimum absolute atomic E-state index is 0.327. The van der Waals surface area contributed by atoms with Gasteiger partial charge in [-0.2, -0.15) is 5.10 Å². The quantitative estimate of drug-likeness (QED) is 0.743. The molecule has 0 saturated heterocycles. The zero-order chi connectivity index (χ0) is 13.8. The minimum atomic E-state index is 0.327. The summed E-state index contributed by atoms with van der Waals surface area (Å²) in [7, 11) is 1.62. The van der Waals surface area contributed by atoms with E-state index >= 15 is 0 Å². The Bertz CT molecular complexity index is 572. The second-order valence-electron chi connectivity index (χ2n) is 4.03. The van der Waals surface area contributed by atoms with Gasteiger partial charge in [0.25, 0.3) is 0 Å². The van der Waals surface area contributed by atoms with Crippen LogP contribution in [0.5, 0.6) is 0 Å². The van der Waals surface area contributed by atoms with Gasteiger partial charge in [-0.1, -0.05) is 45.7 Å². The van der Waals surface area contributed by atoms with Gasteiger partial charge in [-0.05, 0) is 11.6 Å². The van der Waals surface area contributed by atoms with Crippen molar-refractivity contribution in [2.45, 2.75) is 19.0 Å². The standard InChI is InChI=1S/C13H13BrCl2N2O/c1-19-8-12-10(6-15)13(16)18(17-12)7-9-4-2-3-5-11(9)14/h2-5H,6-8H2,1H3. The van der Waals surface area contributed by atoms with Crippen molar-refractivity contribution in [3.8, 4) is 0 Å². The van der Waals surface area contributed by atoms with Crippen LogP contribution in [0.15, 0.2) is 28.7 Å². The van der Waals surface area contributed by atoms with Gasteiger partial charge in [-0.15, -0.1) is 11.6 Å². The van der Waals surface area contributed by atoms with Gasteiger partial charge in [0, 0.05) is 17.1 Å². The normalized spacial score (nSPS) is 10.9. The van der Waals surface area contributed by atoms with Crippen LogP contribution in [0.2, 0.25) is 5.15 Å². The Morgan fingerprint density at radius 2 is 2.11 bits per heavy atom. The lowest BCUT2D eigenvalue weighted by Crippen LogP contribution is -2.03. The molecule has 2 rings (SSSR count). The summed E-state index contributed by atoms with van der Waals surface area (Å²) in [5.74, 6) is 0.327. The van der Waals surface area contributed by atoms with Crippen LogP contribution in [0.1, 0.15) is 16.8 Å². The summed E-state index contributed by atoms with van der Waals surface area (Å²) in [6.07, 6.45) is 0. The molecule has 3 nitrogen and oxygen atoms in total. The van der Waals surface area contributed by atoms with E-state index in [1.165, 1.54) is 0 Å². The maximum Gasteiger partial charge on any atom is 0.132 e. The summed E-state index contributed by atoms with van der Waals surface area (Å²) in [5, 5.41) is 5.03. The monoisotopic (exact) mass is 362 g/mol. The number of aromatic nitrogens is 2. The number of hydrogen-bond donors (Lipinski definition) is 0. The van der Waals surface area contributed by atoms with E-state index in [0.29, 0.717) is 24.2 Å². The van der Waals surface area contributed by atoms with Crippen molar-refractivity contribution < 1.29 is 4.74 Å². The SMILES string of the molecule is COCc1nn(Cc2ccccc2Br)c(Cl)c1CCl. The lowest BCUT2D eigenvalue weighted by atomic mass is 10.2. The fourth-order valence-corrected chi connectivity index (χ4v) is 2.84. The van der Waals surface area contributed by atoms with Crippen molar-refractivity contribution in [1.82, 2.24) is 9.78 Å². The Kier molecular flexibility index (Phi) is 5.28. The molecule has 0 atom stereocenters. The number of nitrogens with zero attached hydrogens (tertiary/aromatic N) is 2. The first-order valence-electron chi connectivity index (χ1n) is 5.69. The molecule has 1 aromatic carbocycles. The van der Waals surface area contributed by atoms with Crippen molar-refractivity contribution in [1.29, 1.82) is 0 Å². The molecule has 1 aromatic heterocycles. The van der Waals surface area contributed by atoms with Crippen LogP contribution in [-0.4, -0.2) is 16.9 Å². The van der Waals surface area contributed by atoms with Gasteiger partial charge >= 0.3 is 0 Å². The maximum atomic E-state index is 6.31. The lowest BCUT2D eigenvalue weighted by Gasteiger charge is -2.05. The fraction of sp³-hybridized carbons (Fsp3) is 0.308. The maximum absolute atomic E-state index is 6.31. The molecule has 19 heavy (non-hydrogen) atoms. The third kappa shape index (κ3) is 3.31. The molecule has 0 saturated carbocycles. The molecule has 0 fully saturated rings. The number of rotatable bonds is 5. The summed E-state index contributed by atoms with van der Waals surface area (Å²) in [4.78, 5) is 0. The van der Waals surface area contributed by atoms with Crippen molar-refractivity contribution in [2.75, 3.05) is 7.11 Å². The molecule has 1 heterocycles. The van der Waals surface area contributed by atoms with Crippen LogP contribution < -0.4 is 0 Å². The van der Waals surface area contributed by atoms with Crippen LogP contribution in [0.4, 0.5) is 0 Å². The highest BCUT2D eigenvalue weighted by Gasteiger charge is 2.16. The van der Waals surface area contributed by atoms with Gasteiger partial charge in [-0.3, -0.25) is 0 Å². The molecule has 0 aliphatic rings. The zero-order valence-electron chi connectivity index (χ0n) is 10.4. The highest BCUT2D eigenvalue weighted by Crippen LogP contribution is 2.25. The Balaban J connectivity index is 2.33. The average Bonchev–Trinajstić information content (AvgIpc) is 2.69. The highest BCUT2D eigenvalue weighted by molar-refractivity contribution is 9.10. The van der Waals surface area contributed by atoms with E-state index in [1.54, 1.807) is 11.8 Å². The van der Waals surface area contributed by atoms with Crippen LogP contribution in [0.3, 0.4) is 0 Å². The lowest BCUT2D eigenvalue weighted by molar-refractivity contribution is 0.180. The minimum Gasteiger partial charge on any atom is -0.378 e. The highest BCUT2D eigenvalue weighted by atomic mass is 79.9. The van der Waals surface area contributed by atoms with E-state index in [9.17, 15) is 0 Å². The largest absolute Gasteiger partial charge is 0.378 e. The summed E-state index contributed by atoms with van der Waals surface area (Å²) < 4.78 is 7.88. The third-order valence-corrected chi connectivity index (χ3v) is 4.22. The van der Waals surface area contributed by atoms with E-state index in [-0.39, 0.29) is 0 Å². The summed E-state index contributed by atoms with van der Waals surface area (Å²) in [6.45, 7) is 0.999. The van der Waals surface area contributed by atoms with E-state index in [1.807, 2.05) is 24.3 Å². The molecule has 6 heteroatoms. The van der Waals surface area contributed by atoms with Gasteiger partial charge < -0.3 is 4.74 Å². The summed E-state index contributed by atoms with van der Waals surface area (Å²) in [6, 6.07) is 7.97. The van der Waals surface area contributed by atoms with Crippen LogP contribution >= 0.6 is 39.1 Å². The Morgan fingerprint density at radius 3 is 2.74 bits per heavy atom. The van der Waals surface area contributed by atoms with E-state index in [2.05, 4.69) is 21.0 Å². The van der Waals surface area contributed by atoms with Crippen LogP contribution in [0, 0.1) is 0 Å². The Hall–Kier alpha value is -0.550. The second-order valence-corrected chi connectivity index (χ2v) is 5.51. The van der Waals surface area contributed by atoms with Crippen LogP contribution in [0.25, 0.3) is 0 Å². The number of ether oxygens (including phenoxy) is 1. The first-order chi connectivity index (χ1) is 9.17. The molecular formula is C13H13BrCl2N2O. The van der Waals surface area contributed by atoms with Gasteiger partial charge in [-0.25, -0.2) is 4.68 Å². The van der Waals surface area contributed by atoms with Crippen molar-refractivity contribution in [2.24, 2.45) is 0 Å². The molecule has 0 unspecified atom stereocenters. The number of benzene rings is 1. The van der Waals surface area contributed by atoms with Gasteiger partial charge in [0.2, 0.25) is 0 Å². The molecule has 0 radical (unpaired) electrons. The van der Waals surface area contributed by atoms with Crippen molar-refractivity contribution in [3.05, 3.63) is 50.7 Å². The first-order valence-corrected chi connectivity index (χ1v) is 7.40. The molecular weight excluding hydrogens is 351 g/mol. The smallest absolute Gasteiger partial charge is 0.132 e. The number of methoxy groups -OCH3 is 1. The predicted molar refractivity (Wildman–Crippen MR) is 80.8 cm³/mol. The molecule has 0 aliphatic heterocycles. The molecule has 0 N–H and O–H groups in total. The molecule has 2 aromatic rings. The molecule has 0 amide bonds. The van der Waals surface area contributed by atoms with Gasteiger partial charge in [0.05, 0.1) is 24.7 Å². The first kappa shape index (κ1) is 14.9. The Labute approximate surface area is 130 Å².